The van der Waals surface area contributed by atoms with Crippen molar-refractivity contribution in [3.05, 3.63) is 33.5 Å². The molecule has 0 amide bonds. The Morgan fingerprint density at radius 1 is 1.43 bits per heavy atom. The van der Waals surface area contributed by atoms with E-state index in [1.54, 1.807) is 19.9 Å². The first-order chi connectivity index (χ1) is 9.81. The van der Waals surface area contributed by atoms with Gasteiger partial charge in [-0.2, -0.15) is 0 Å². The van der Waals surface area contributed by atoms with Gasteiger partial charge in [0.05, 0.1) is 11.3 Å². The molecule has 0 unspecified atom stereocenters. The number of aromatic carboxylic acids is 1. The smallest absolute Gasteiger partial charge is 0.344 e. The van der Waals surface area contributed by atoms with E-state index >= 15 is 0 Å². The Morgan fingerprint density at radius 3 is 2.67 bits per heavy atom. The summed E-state index contributed by atoms with van der Waals surface area (Å²) in [6, 6.07) is 1.61. The predicted molar refractivity (Wildman–Crippen MR) is 78.0 cm³/mol. The van der Waals surface area contributed by atoms with Crippen LogP contribution in [-0.2, 0) is 0 Å². The fourth-order valence-electron chi connectivity index (χ4n) is 2.05. The van der Waals surface area contributed by atoms with Crippen LogP contribution in [0.25, 0.3) is 0 Å². The quantitative estimate of drug-likeness (QED) is 0.896. The number of carboxylic acids is 1. The molecule has 7 nitrogen and oxygen atoms in total. The zero-order valence-corrected chi connectivity index (χ0v) is 13.0. The molecule has 2 aromatic rings. The van der Waals surface area contributed by atoms with E-state index in [4.69, 9.17) is 0 Å². The van der Waals surface area contributed by atoms with Gasteiger partial charge in [-0.25, -0.2) is 14.7 Å². The van der Waals surface area contributed by atoms with Crippen molar-refractivity contribution in [2.75, 3.05) is 0 Å². The molecule has 2 aromatic heterocycles. The number of rotatable bonds is 4. The highest BCUT2D eigenvalue weighted by molar-refractivity contribution is 7.99. The highest BCUT2D eigenvalue weighted by atomic mass is 32.2. The average molecular weight is 308 g/mol. The SMILES string of the molecule is Cc1cc(Sc2n[nH]c(=O)n2C(C)C)c(C(=O)O)c(C)n1. The summed E-state index contributed by atoms with van der Waals surface area (Å²) in [4.78, 5) is 27.8. The van der Waals surface area contributed by atoms with E-state index in [0.29, 0.717) is 21.4 Å². The number of H-pyrrole nitrogens is 1. The van der Waals surface area contributed by atoms with Crippen molar-refractivity contribution in [2.24, 2.45) is 0 Å². The third-order valence-electron chi connectivity index (χ3n) is 2.90. The van der Waals surface area contributed by atoms with Crippen LogP contribution in [-0.4, -0.2) is 30.8 Å². The Morgan fingerprint density at radius 2 is 2.10 bits per heavy atom. The van der Waals surface area contributed by atoms with Crippen LogP contribution in [0.1, 0.15) is 41.6 Å². The number of aromatic amines is 1. The molecular weight excluding hydrogens is 292 g/mol. The number of hydrogen-bond acceptors (Lipinski definition) is 5. The molecule has 0 atom stereocenters. The molecular formula is C13H16N4O3S. The number of aryl methyl sites for hydroxylation is 2. The number of carboxylic acid groups (broad SMARTS) is 1. The minimum atomic E-state index is -1.04. The lowest BCUT2D eigenvalue weighted by molar-refractivity contribution is 0.0691. The van der Waals surface area contributed by atoms with E-state index in [1.807, 2.05) is 13.8 Å². The number of nitrogens with zero attached hydrogens (tertiary/aromatic N) is 3. The van der Waals surface area contributed by atoms with Gasteiger partial charge in [0.1, 0.15) is 0 Å². The molecule has 21 heavy (non-hydrogen) atoms. The second kappa shape index (κ2) is 5.72. The first kappa shape index (κ1) is 15.3. The normalized spacial score (nSPS) is 11.1. The number of carbonyl (C=O) groups is 1. The lowest BCUT2D eigenvalue weighted by atomic mass is 10.2. The number of aromatic nitrogens is 4. The van der Waals surface area contributed by atoms with Gasteiger partial charge in [-0.1, -0.05) is 0 Å². The van der Waals surface area contributed by atoms with Crippen LogP contribution < -0.4 is 5.69 Å². The molecule has 0 aliphatic rings. The number of pyridine rings is 1. The van der Waals surface area contributed by atoms with Gasteiger partial charge in [0.2, 0.25) is 0 Å². The maximum Gasteiger partial charge on any atom is 0.344 e. The van der Waals surface area contributed by atoms with Crippen molar-refractivity contribution < 1.29 is 9.90 Å². The predicted octanol–water partition coefficient (Wildman–Crippen LogP) is 2.01. The molecule has 8 heteroatoms. The maximum atomic E-state index is 11.7. The summed E-state index contributed by atoms with van der Waals surface area (Å²) < 4.78 is 1.49. The minimum absolute atomic E-state index is 0.0731. The Kier molecular flexibility index (Phi) is 4.17. The van der Waals surface area contributed by atoms with E-state index in [1.165, 1.54) is 4.57 Å². The van der Waals surface area contributed by atoms with Crippen LogP contribution in [0.4, 0.5) is 0 Å². The van der Waals surface area contributed by atoms with Crippen LogP contribution in [0, 0.1) is 13.8 Å². The molecule has 0 saturated carbocycles. The minimum Gasteiger partial charge on any atom is -0.478 e. The molecule has 2 heterocycles. The molecule has 0 fully saturated rings. The number of nitrogens with one attached hydrogen (secondary N) is 1. The van der Waals surface area contributed by atoms with Gasteiger partial charge in [0.25, 0.3) is 0 Å². The van der Waals surface area contributed by atoms with E-state index in [0.717, 1.165) is 11.8 Å². The van der Waals surface area contributed by atoms with Gasteiger partial charge in [0.15, 0.2) is 5.16 Å². The van der Waals surface area contributed by atoms with Crippen LogP contribution in [0.5, 0.6) is 0 Å². The Bertz CT molecular complexity index is 748. The van der Waals surface area contributed by atoms with Gasteiger partial charge < -0.3 is 5.11 Å². The molecule has 0 bridgehead atoms. The Labute approximate surface area is 125 Å². The van der Waals surface area contributed by atoms with Gasteiger partial charge in [0, 0.05) is 16.6 Å². The maximum absolute atomic E-state index is 11.7. The topological polar surface area (TPSA) is 101 Å². The summed E-state index contributed by atoms with van der Waals surface area (Å²) in [7, 11) is 0. The van der Waals surface area contributed by atoms with Gasteiger partial charge >= 0.3 is 11.7 Å². The third-order valence-corrected chi connectivity index (χ3v) is 3.91. The average Bonchev–Trinajstić information content (AvgIpc) is 2.68. The van der Waals surface area contributed by atoms with Crippen LogP contribution in [0.15, 0.2) is 20.9 Å². The zero-order valence-electron chi connectivity index (χ0n) is 12.2. The molecule has 2 rings (SSSR count). The van der Waals surface area contributed by atoms with Crippen molar-refractivity contribution in [3.63, 3.8) is 0 Å². The summed E-state index contributed by atoms with van der Waals surface area (Å²) in [5.74, 6) is -1.04. The highest BCUT2D eigenvalue weighted by Gasteiger charge is 2.20. The van der Waals surface area contributed by atoms with E-state index < -0.39 is 5.97 Å². The van der Waals surface area contributed by atoms with E-state index in [9.17, 15) is 14.7 Å². The van der Waals surface area contributed by atoms with Crippen molar-refractivity contribution in [1.29, 1.82) is 0 Å². The van der Waals surface area contributed by atoms with Gasteiger partial charge in [-0.15, -0.1) is 5.10 Å². The summed E-state index contributed by atoms with van der Waals surface area (Å²) in [5.41, 5.74) is 0.983. The molecule has 112 valence electrons. The van der Waals surface area contributed by atoms with Crippen molar-refractivity contribution in [1.82, 2.24) is 19.7 Å². The summed E-state index contributed by atoms with van der Waals surface area (Å²) >= 11 is 1.15. The van der Waals surface area contributed by atoms with Crippen molar-refractivity contribution in [3.8, 4) is 0 Å². The summed E-state index contributed by atoms with van der Waals surface area (Å²) in [6.45, 7) is 7.17. The standard InChI is InChI=1S/C13H16N4O3S/c1-6(2)17-12(20)15-16-13(17)21-9-5-7(3)14-8(4)10(9)11(18)19/h5-6H,1-4H3,(H,15,20)(H,18,19). The molecule has 0 radical (unpaired) electrons. The Hall–Kier alpha value is -2.09. The first-order valence-corrected chi connectivity index (χ1v) is 7.19. The van der Waals surface area contributed by atoms with Gasteiger partial charge in [-0.05, 0) is 45.5 Å². The summed E-state index contributed by atoms with van der Waals surface area (Å²) in [6.07, 6.45) is 0. The lowest BCUT2D eigenvalue weighted by Gasteiger charge is -2.11. The number of hydrogen-bond donors (Lipinski definition) is 2. The zero-order chi connectivity index (χ0) is 15.7. The van der Waals surface area contributed by atoms with Crippen molar-refractivity contribution in [2.45, 2.75) is 43.8 Å². The van der Waals surface area contributed by atoms with Crippen LogP contribution >= 0.6 is 11.8 Å². The van der Waals surface area contributed by atoms with E-state index in [2.05, 4.69) is 15.2 Å². The fourth-order valence-corrected chi connectivity index (χ4v) is 3.30. The van der Waals surface area contributed by atoms with Crippen LogP contribution in [0.3, 0.4) is 0 Å². The van der Waals surface area contributed by atoms with E-state index in [-0.39, 0.29) is 17.3 Å². The molecule has 0 aliphatic heterocycles. The van der Waals surface area contributed by atoms with Gasteiger partial charge in [-0.3, -0.25) is 9.55 Å². The molecule has 0 spiro atoms. The molecule has 0 aliphatic carbocycles. The highest BCUT2D eigenvalue weighted by Crippen LogP contribution is 2.31. The molecule has 2 N–H and O–H groups in total. The lowest BCUT2D eigenvalue weighted by Crippen LogP contribution is -2.19. The largest absolute Gasteiger partial charge is 0.478 e. The second-order valence-electron chi connectivity index (χ2n) is 4.90. The third kappa shape index (κ3) is 2.99. The molecule has 0 aromatic carbocycles. The molecule has 0 saturated heterocycles. The Balaban J connectivity index is 2.54. The fraction of sp³-hybridized carbons (Fsp3) is 0.385. The first-order valence-electron chi connectivity index (χ1n) is 6.37. The summed E-state index contributed by atoms with van der Waals surface area (Å²) in [5, 5.41) is 16.1. The van der Waals surface area contributed by atoms with Crippen molar-refractivity contribution >= 4 is 17.7 Å². The monoisotopic (exact) mass is 308 g/mol. The van der Waals surface area contributed by atoms with Crippen LogP contribution in [0.2, 0.25) is 0 Å². The second-order valence-corrected chi connectivity index (χ2v) is 5.91.